The Morgan fingerprint density at radius 3 is 2.20 bits per heavy atom. The van der Waals surface area contributed by atoms with Gasteiger partial charge in [0.05, 0.1) is 24.3 Å². The van der Waals surface area contributed by atoms with Crippen molar-refractivity contribution in [1.29, 1.82) is 0 Å². The van der Waals surface area contributed by atoms with Gasteiger partial charge in [-0.2, -0.15) is 4.31 Å². The van der Waals surface area contributed by atoms with Crippen molar-refractivity contribution in [3.63, 3.8) is 0 Å². The number of aliphatic hydroxyl groups excluding tert-OH is 2. The van der Waals surface area contributed by atoms with Crippen LogP contribution in [0.3, 0.4) is 0 Å². The number of rotatable bonds is 12. The standard InChI is InChI=1S/C35H42F2N2O6S/c1-22(2)33-35(46(44,45)38-17-15-23-5-3-4-6-26(23)21-38)32(24-7-11-27(36)12-8-24)34(25-9-13-28(37)14-10-25)39(33)18-16-29(40)19-30(41)20-31(42)43/h6-14,22-23,29-30,40-41H,3-5,15-21H2,1-2H3,(H,42,43). The molecule has 11 heteroatoms. The highest BCUT2D eigenvalue weighted by molar-refractivity contribution is 7.89. The molecule has 46 heavy (non-hydrogen) atoms. The number of nitrogens with zero attached hydrogens (tertiary/aromatic N) is 2. The number of benzene rings is 2. The van der Waals surface area contributed by atoms with Gasteiger partial charge >= 0.3 is 5.97 Å². The highest BCUT2D eigenvalue weighted by atomic mass is 32.2. The number of carboxylic acid groups (broad SMARTS) is 1. The minimum Gasteiger partial charge on any atom is -0.481 e. The van der Waals surface area contributed by atoms with Crippen LogP contribution in [-0.4, -0.2) is 63.9 Å². The van der Waals surface area contributed by atoms with Gasteiger partial charge in [0.25, 0.3) is 0 Å². The summed E-state index contributed by atoms with van der Waals surface area (Å²) < 4.78 is 61.5. The van der Waals surface area contributed by atoms with Gasteiger partial charge in [-0.15, -0.1) is 0 Å². The molecule has 3 N–H and O–H groups in total. The van der Waals surface area contributed by atoms with Crippen LogP contribution in [-0.2, 0) is 21.4 Å². The topological polar surface area (TPSA) is 120 Å². The van der Waals surface area contributed by atoms with Crippen LogP contribution in [0.25, 0.3) is 22.4 Å². The molecule has 5 rings (SSSR count). The smallest absolute Gasteiger partial charge is 0.305 e. The Balaban J connectivity index is 1.71. The molecule has 2 aliphatic rings. The average Bonchev–Trinajstić information content (AvgIpc) is 3.36. The summed E-state index contributed by atoms with van der Waals surface area (Å²) in [6, 6.07) is 11.4. The third kappa shape index (κ3) is 7.27. The molecule has 1 fully saturated rings. The number of hydrogen-bond donors (Lipinski definition) is 3. The second kappa shape index (κ2) is 14.2. The van der Waals surface area contributed by atoms with E-state index in [0.717, 1.165) is 31.3 Å². The molecule has 0 saturated carbocycles. The number of piperidine rings is 1. The Morgan fingerprint density at radius 1 is 0.957 bits per heavy atom. The first kappa shape index (κ1) is 34.0. The molecule has 0 spiro atoms. The zero-order chi connectivity index (χ0) is 33.2. The molecule has 2 aromatic carbocycles. The molecular formula is C35H42F2N2O6S. The molecule has 8 nitrogen and oxygen atoms in total. The SMILES string of the molecule is CC(C)c1c(S(=O)(=O)N2CCC3CCCC=C3C2)c(-c2ccc(F)cc2)c(-c2ccc(F)cc2)n1CCC(O)CC(O)CC(=O)O. The number of halogens is 2. The van der Waals surface area contributed by atoms with E-state index in [0.29, 0.717) is 47.1 Å². The van der Waals surface area contributed by atoms with E-state index >= 15 is 0 Å². The third-order valence-corrected chi connectivity index (χ3v) is 11.0. The number of aliphatic carboxylic acids is 1. The summed E-state index contributed by atoms with van der Waals surface area (Å²) in [5.41, 5.74) is 3.50. The van der Waals surface area contributed by atoms with E-state index in [1.165, 1.54) is 40.7 Å². The van der Waals surface area contributed by atoms with Crippen LogP contribution in [0.15, 0.2) is 65.1 Å². The lowest BCUT2D eigenvalue weighted by molar-refractivity contribution is -0.139. The molecule has 1 aromatic heterocycles. The van der Waals surface area contributed by atoms with Crippen LogP contribution in [0.1, 0.15) is 70.4 Å². The van der Waals surface area contributed by atoms with Gasteiger partial charge in [-0.3, -0.25) is 4.79 Å². The predicted molar refractivity (Wildman–Crippen MR) is 172 cm³/mol. The lowest BCUT2D eigenvalue weighted by atomic mass is 9.83. The van der Waals surface area contributed by atoms with Crippen LogP contribution in [0, 0.1) is 17.6 Å². The van der Waals surface area contributed by atoms with Gasteiger partial charge in [-0.05, 0) is 97.9 Å². The summed E-state index contributed by atoms with van der Waals surface area (Å²) in [6.45, 7) is 4.55. The second-order valence-electron chi connectivity index (χ2n) is 12.7. The summed E-state index contributed by atoms with van der Waals surface area (Å²) >= 11 is 0. The number of hydrogen-bond acceptors (Lipinski definition) is 5. The van der Waals surface area contributed by atoms with Gasteiger partial charge in [0.1, 0.15) is 16.5 Å². The maximum absolute atomic E-state index is 14.9. The van der Waals surface area contributed by atoms with Crippen LogP contribution >= 0.6 is 0 Å². The van der Waals surface area contributed by atoms with Crippen LogP contribution in [0.2, 0.25) is 0 Å². The van der Waals surface area contributed by atoms with Crippen LogP contribution in [0.4, 0.5) is 8.78 Å². The average molecular weight is 657 g/mol. The zero-order valence-corrected chi connectivity index (χ0v) is 27.0. The Bertz CT molecular complexity index is 1680. The van der Waals surface area contributed by atoms with E-state index < -0.39 is 46.3 Å². The van der Waals surface area contributed by atoms with Gasteiger partial charge in [0, 0.05) is 30.9 Å². The highest BCUT2D eigenvalue weighted by Crippen LogP contribution is 2.46. The first-order valence-electron chi connectivity index (χ1n) is 15.9. The number of carbonyl (C=O) groups is 1. The first-order chi connectivity index (χ1) is 21.9. The molecular weight excluding hydrogens is 614 g/mol. The molecule has 0 bridgehead atoms. The normalized spacial score (nSPS) is 18.7. The van der Waals surface area contributed by atoms with Gasteiger partial charge in [-0.1, -0.05) is 37.6 Å². The zero-order valence-electron chi connectivity index (χ0n) is 26.2. The maximum Gasteiger partial charge on any atom is 0.305 e. The Morgan fingerprint density at radius 2 is 1.59 bits per heavy atom. The van der Waals surface area contributed by atoms with Crippen molar-refractivity contribution in [2.45, 2.75) is 88.4 Å². The number of aliphatic hydroxyl groups is 2. The minimum absolute atomic E-state index is 0.0832. The van der Waals surface area contributed by atoms with Gasteiger partial charge in [0.15, 0.2) is 0 Å². The van der Waals surface area contributed by atoms with E-state index in [-0.39, 0.29) is 30.2 Å². The quantitative estimate of drug-likeness (QED) is 0.196. The van der Waals surface area contributed by atoms with Crippen molar-refractivity contribution in [2.75, 3.05) is 13.1 Å². The third-order valence-electron chi connectivity index (χ3n) is 9.07. The van der Waals surface area contributed by atoms with Crippen molar-refractivity contribution >= 4 is 16.0 Å². The van der Waals surface area contributed by atoms with E-state index in [4.69, 9.17) is 5.11 Å². The summed E-state index contributed by atoms with van der Waals surface area (Å²) in [5, 5.41) is 30.0. The van der Waals surface area contributed by atoms with Gasteiger partial charge in [-0.25, -0.2) is 17.2 Å². The van der Waals surface area contributed by atoms with Gasteiger partial charge < -0.3 is 19.9 Å². The van der Waals surface area contributed by atoms with Crippen molar-refractivity contribution in [2.24, 2.45) is 5.92 Å². The van der Waals surface area contributed by atoms with Crippen molar-refractivity contribution in [3.05, 3.63) is 77.5 Å². The van der Waals surface area contributed by atoms with Crippen LogP contribution < -0.4 is 0 Å². The van der Waals surface area contributed by atoms with E-state index in [2.05, 4.69) is 6.08 Å². The molecule has 3 unspecified atom stereocenters. The van der Waals surface area contributed by atoms with Crippen molar-refractivity contribution in [3.8, 4) is 22.4 Å². The first-order valence-corrected chi connectivity index (χ1v) is 17.4. The lowest BCUT2D eigenvalue weighted by Gasteiger charge is -2.36. The number of fused-ring (bicyclic) bond motifs is 1. The van der Waals surface area contributed by atoms with E-state index in [1.54, 1.807) is 12.1 Å². The van der Waals surface area contributed by atoms with Gasteiger partial charge in [0.2, 0.25) is 10.0 Å². The van der Waals surface area contributed by atoms with Crippen molar-refractivity contribution < 1.29 is 37.3 Å². The molecule has 1 aliphatic heterocycles. The second-order valence-corrected chi connectivity index (χ2v) is 14.6. The monoisotopic (exact) mass is 656 g/mol. The number of aromatic nitrogens is 1. The molecule has 0 amide bonds. The Labute approximate surface area is 269 Å². The molecule has 248 valence electrons. The molecule has 0 radical (unpaired) electrons. The number of allylic oxidation sites excluding steroid dienone is 1. The molecule has 1 saturated heterocycles. The maximum atomic E-state index is 14.9. The Hall–Kier alpha value is -3.38. The Kier molecular flexibility index (Phi) is 10.5. The summed E-state index contributed by atoms with van der Waals surface area (Å²) in [5.74, 6) is -2.07. The fourth-order valence-corrected chi connectivity index (χ4v) is 8.92. The highest BCUT2D eigenvalue weighted by Gasteiger charge is 2.40. The van der Waals surface area contributed by atoms with Crippen molar-refractivity contribution in [1.82, 2.24) is 8.87 Å². The predicted octanol–water partition coefficient (Wildman–Crippen LogP) is 6.32. The summed E-state index contributed by atoms with van der Waals surface area (Å²) in [6.07, 6.45) is 3.03. The fraction of sp³-hybridized carbons (Fsp3) is 0.457. The minimum atomic E-state index is -4.13. The largest absolute Gasteiger partial charge is 0.481 e. The molecule has 2 heterocycles. The molecule has 3 aromatic rings. The number of sulfonamides is 1. The lowest BCUT2D eigenvalue weighted by Crippen LogP contribution is -2.41. The molecule has 3 atom stereocenters. The molecule has 1 aliphatic carbocycles. The number of carboxylic acids is 1. The fourth-order valence-electron chi connectivity index (χ4n) is 6.91. The van der Waals surface area contributed by atoms with E-state index in [1.807, 2.05) is 18.4 Å². The summed E-state index contributed by atoms with van der Waals surface area (Å²) in [4.78, 5) is 11.2. The van der Waals surface area contributed by atoms with E-state index in [9.17, 15) is 32.2 Å². The summed E-state index contributed by atoms with van der Waals surface area (Å²) in [7, 11) is -4.13. The van der Waals surface area contributed by atoms with Crippen LogP contribution in [0.5, 0.6) is 0 Å².